The topological polar surface area (TPSA) is 59.8 Å². The Morgan fingerprint density at radius 1 is 1.21 bits per heavy atom. The average molecular weight is 415 g/mol. The summed E-state index contributed by atoms with van der Waals surface area (Å²) in [6.07, 6.45) is 1.66. The van der Waals surface area contributed by atoms with E-state index >= 15 is 0 Å². The number of benzene rings is 2. The molecule has 3 aromatic rings. The van der Waals surface area contributed by atoms with Crippen LogP contribution in [0.4, 0.5) is 0 Å². The van der Waals surface area contributed by atoms with Gasteiger partial charge >= 0.3 is 0 Å². The molecule has 0 unspecified atom stereocenters. The molecule has 0 aliphatic heterocycles. The van der Waals surface area contributed by atoms with E-state index in [0.717, 1.165) is 11.3 Å². The Morgan fingerprint density at radius 2 is 1.96 bits per heavy atom. The lowest BCUT2D eigenvalue weighted by Crippen LogP contribution is -2.37. The van der Waals surface area contributed by atoms with E-state index in [1.54, 1.807) is 6.33 Å². The number of carbonyl (C=O) groups is 1. The highest BCUT2D eigenvalue weighted by Crippen LogP contribution is 2.25. The number of thioether (sulfide) groups is 1. The van der Waals surface area contributed by atoms with Gasteiger partial charge in [0, 0.05) is 22.7 Å². The Morgan fingerprint density at radius 3 is 2.68 bits per heavy atom. The summed E-state index contributed by atoms with van der Waals surface area (Å²) < 4.78 is 1.88. The first-order chi connectivity index (χ1) is 13.3. The second kappa shape index (κ2) is 8.80. The number of amides is 1. The third-order valence-corrected chi connectivity index (χ3v) is 5.67. The third kappa shape index (κ3) is 5.14. The summed E-state index contributed by atoms with van der Waals surface area (Å²) in [5.41, 5.74) is 3.04. The van der Waals surface area contributed by atoms with Crippen LogP contribution in [0.2, 0.25) is 5.02 Å². The van der Waals surface area contributed by atoms with E-state index in [-0.39, 0.29) is 17.1 Å². The quantitative estimate of drug-likeness (QED) is 0.581. The van der Waals surface area contributed by atoms with E-state index in [1.807, 2.05) is 60.0 Å². The molecule has 0 atom stereocenters. The standard InChI is InChI=1S/C21H23ClN4OS/c1-15-7-9-18(10-8-15)26-14-24-25-20(26)28-12-19(27)23-13-21(2,3)16-5-4-6-17(22)11-16/h4-11,14H,12-13H2,1-3H3,(H,23,27). The summed E-state index contributed by atoms with van der Waals surface area (Å²) in [6, 6.07) is 15.8. The number of nitrogens with one attached hydrogen (secondary N) is 1. The number of hydrogen-bond acceptors (Lipinski definition) is 4. The predicted octanol–water partition coefficient (Wildman–Crippen LogP) is 4.42. The number of rotatable bonds is 7. The lowest BCUT2D eigenvalue weighted by Gasteiger charge is -2.25. The van der Waals surface area contributed by atoms with Crippen molar-refractivity contribution in [3.8, 4) is 5.69 Å². The van der Waals surface area contributed by atoms with Gasteiger partial charge in [0.1, 0.15) is 6.33 Å². The molecule has 0 aliphatic carbocycles. The maximum absolute atomic E-state index is 12.4. The molecular formula is C21H23ClN4OS. The van der Waals surface area contributed by atoms with Gasteiger partial charge in [0.2, 0.25) is 5.91 Å². The first-order valence-corrected chi connectivity index (χ1v) is 10.3. The SMILES string of the molecule is Cc1ccc(-n2cnnc2SCC(=O)NCC(C)(C)c2cccc(Cl)c2)cc1. The molecule has 28 heavy (non-hydrogen) atoms. The monoisotopic (exact) mass is 414 g/mol. The summed E-state index contributed by atoms with van der Waals surface area (Å²) in [6.45, 7) is 6.73. The van der Waals surface area contributed by atoms with Crippen LogP contribution >= 0.6 is 23.4 Å². The number of halogens is 1. The highest BCUT2D eigenvalue weighted by atomic mass is 35.5. The van der Waals surface area contributed by atoms with Crippen molar-refractivity contribution in [2.75, 3.05) is 12.3 Å². The van der Waals surface area contributed by atoms with Crippen LogP contribution in [0.1, 0.15) is 25.0 Å². The highest BCUT2D eigenvalue weighted by Gasteiger charge is 2.22. The van der Waals surface area contributed by atoms with Crippen LogP contribution in [0.3, 0.4) is 0 Å². The molecule has 1 N–H and O–H groups in total. The molecule has 1 amide bonds. The van der Waals surface area contributed by atoms with Crippen molar-refractivity contribution in [2.45, 2.75) is 31.3 Å². The van der Waals surface area contributed by atoms with Gasteiger partial charge in [0.15, 0.2) is 5.16 Å². The van der Waals surface area contributed by atoms with Crippen molar-refractivity contribution in [3.05, 3.63) is 71.0 Å². The first-order valence-electron chi connectivity index (χ1n) is 8.98. The van der Waals surface area contributed by atoms with Gasteiger partial charge in [-0.15, -0.1) is 10.2 Å². The first kappa shape index (κ1) is 20.4. The van der Waals surface area contributed by atoms with E-state index < -0.39 is 0 Å². The largest absolute Gasteiger partial charge is 0.355 e. The smallest absolute Gasteiger partial charge is 0.230 e. The normalized spacial score (nSPS) is 11.4. The predicted molar refractivity (Wildman–Crippen MR) is 114 cm³/mol. The zero-order chi connectivity index (χ0) is 20.1. The molecular weight excluding hydrogens is 392 g/mol. The zero-order valence-corrected chi connectivity index (χ0v) is 17.7. The van der Waals surface area contributed by atoms with E-state index in [2.05, 4.69) is 29.4 Å². The summed E-state index contributed by atoms with van der Waals surface area (Å²) >= 11 is 7.45. The van der Waals surface area contributed by atoms with Crippen LogP contribution in [-0.4, -0.2) is 33.0 Å². The van der Waals surface area contributed by atoms with Crippen LogP contribution in [0.25, 0.3) is 5.69 Å². The number of aryl methyl sites for hydroxylation is 1. The molecule has 0 spiro atoms. The Labute approximate surface area is 174 Å². The molecule has 0 fully saturated rings. The summed E-state index contributed by atoms with van der Waals surface area (Å²) in [4.78, 5) is 12.4. The summed E-state index contributed by atoms with van der Waals surface area (Å²) in [7, 11) is 0. The minimum absolute atomic E-state index is 0.0430. The number of carbonyl (C=O) groups excluding carboxylic acids is 1. The van der Waals surface area contributed by atoms with Gasteiger partial charge in [0.25, 0.3) is 0 Å². The van der Waals surface area contributed by atoms with Crippen molar-refractivity contribution in [2.24, 2.45) is 0 Å². The molecule has 0 saturated carbocycles. The molecule has 1 aromatic heterocycles. The van der Waals surface area contributed by atoms with Crippen LogP contribution in [0.5, 0.6) is 0 Å². The molecule has 0 saturated heterocycles. The van der Waals surface area contributed by atoms with Gasteiger partial charge < -0.3 is 5.32 Å². The zero-order valence-electron chi connectivity index (χ0n) is 16.1. The van der Waals surface area contributed by atoms with Crippen LogP contribution in [0.15, 0.2) is 60.0 Å². The molecule has 3 rings (SSSR count). The van der Waals surface area contributed by atoms with Crippen molar-refractivity contribution in [3.63, 3.8) is 0 Å². The van der Waals surface area contributed by atoms with Gasteiger partial charge in [-0.05, 0) is 36.8 Å². The maximum Gasteiger partial charge on any atom is 0.230 e. The minimum Gasteiger partial charge on any atom is -0.355 e. The minimum atomic E-state index is -0.215. The van der Waals surface area contributed by atoms with Crippen molar-refractivity contribution in [1.82, 2.24) is 20.1 Å². The number of hydrogen-bond donors (Lipinski definition) is 1. The highest BCUT2D eigenvalue weighted by molar-refractivity contribution is 7.99. The van der Waals surface area contributed by atoms with Crippen molar-refractivity contribution < 1.29 is 4.79 Å². The molecule has 2 aromatic carbocycles. The molecule has 0 radical (unpaired) electrons. The lowest BCUT2D eigenvalue weighted by molar-refractivity contribution is -0.118. The Bertz CT molecular complexity index is 953. The van der Waals surface area contributed by atoms with E-state index in [4.69, 9.17) is 11.6 Å². The fourth-order valence-electron chi connectivity index (χ4n) is 2.72. The van der Waals surface area contributed by atoms with Gasteiger partial charge in [-0.3, -0.25) is 9.36 Å². The van der Waals surface area contributed by atoms with Gasteiger partial charge in [-0.2, -0.15) is 0 Å². The summed E-state index contributed by atoms with van der Waals surface area (Å²) in [5.74, 6) is 0.231. The van der Waals surface area contributed by atoms with Crippen LogP contribution in [0, 0.1) is 6.92 Å². The van der Waals surface area contributed by atoms with Gasteiger partial charge in [0.05, 0.1) is 5.75 Å². The van der Waals surface area contributed by atoms with E-state index in [0.29, 0.717) is 16.7 Å². The Balaban J connectivity index is 1.57. The van der Waals surface area contributed by atoms with Gasteiger partial charge in [-0.25, -0.2) is 0 Å². The molecule has 7 heteroatoms. The Kier molecular flexibility index (Phi) is 6.42. The van der Waals surface area contributed by atoms with Gasteiger partial charge in [-0.1, -0.05) is 67.0 Å². The fourth-order valence-corrected chi connectivity index (χ4v) is 3.67. The number of aromatic nitrogens is 3. The summed E-state index contributed by atoms with van der Waals surface area (Å²) in [5, 5.41) is 12.5. The maximum atomic E-state index is 12.4. The molecule has 146 valence electrons. The van der Waals surface area contributed by atoms with Crippen molar-refractivity contribution in [1.29, 1.82) is 0 Å². The average Bonchev–Trinajstić information content (AvgIpc) is 3.14. The second-order valence-corrected chi connectivity index (χ2v) is 8.66. The van der Waals surface area contributed by atoms with E-state index in [9.17, 15) is 4.79 Å². The number of nitrogens with zero attached hydrogens (tertiary/aromatic N) is 3. The van der Waals surface area contributed by atoms with E-state index in [1.165, 1.54) is 17.3 Å². The molecule has 0 bridgehead atoms. The fraction of sp³-hybridized carbons (Fsp3) is 0.286. The molecule has 5 nitrogen and oxygen atoms in total. The molecule has 1 heterocycles. The molecule has 0 aliphatic rings. The second-order valence-electron chi connectivity index (χ2n) is 7.28. The Hall–Kier alpha value is -2.31. The van der Waals surface area contributed by atoms with Crippen LogP contribution in [-0.2, 0) is 10.2 Å². The van der Waals surface area contributed by atoms with Crippen molar-refractivity contribution >= 4 is 29.3 Å². The third-order valence-electron chi connectivity index (χ3n) is 4.49. The lowest BCUT2D eigenvalue weighted by atomic mass is 9.84. The van der Waals surface area contributed by atoms with Crippen LogP contribution < -0.4 is 5.32 Å².